The predicted octanol–water partition coefficient (Wildman–Crippen LogP) is 4.12. The second-order valence-electron chi connectivity index (χ2n) is 5.40. The number of pyridine rings is 1. The molecule has 0 atom stereocenters. The van der Waals surface area contributed by atoms with E-state index in [-0.39, 0.29) is 5.69 Å². The molecule has 1 heterocycles. The third kappa shape index (κ3) is 3.85. The number of aromatic nitrogens is 1. The van der Waals surface area contributed by atoms with Gasteiger partial charge in [0.05, 0.1) is 0 Å². The third-order valence-electron chi connectivity index (χ3n) is 3.59. The van der Waals surface area contributed by atoms with E-state index in [0.717, 1.165) is 12.1 Å². The Labute approximate surface area is 145 Å². The lowest BCUT2D eigenvalue weighted by atomic mass is 10.1. The van der Waals surface area contributed by atoms with Crippen molar-refractivity contribution in [2.24, 2.45) is 0 Å². The zero-order valence-electron chi connectivity index (χ0n) is 13.1. The molecule has 0 aliphatic heterocycles. The highest BCUT2D eigenvalue weighted by Crippen LogP contribution is 2.27. The standard InChI is InChI=1S/C18H12F4N2O2/c19-12-3-1-11(2-4-12)15-10-24(17(25)9-16(15)23)13-5-7-14(8-6-13)26-18(20,21)22/h1-10H,23H2. The van der Waals surface area contributed by atoms with Crippen LogP contribution >= 0.6 is 0 Å². The lowest BCUT2D eigenvalue weighted by Crippen LogP contribution is -2.19. The van der Waals surface area contributed by atoms with Crippen LogP contribution in [-0.2, 0) is 0 Å². The molecule has 0 unspecified atom stereocenters. The van der Waals surface area contributed by atoms with Crippen molar-refractivity contribution >= 4 is 5.69 Å². The van der Waals surface area contributed by atoms with Crippen LogP contribution in [0.2, 0.25) is 0 Å². The number of anilines is 1. The molecule has 2 N–H and O–H groups in total. The van der Waals surface area contributed by atoms with Gasteiger partial charge in [0.15, 0.2) is 0 Å². The average Bonchev–Trinajstić information content (AvgIpc) is 2.56. The van der Waals surface area contributed by atoms with E-state index in [9.17, 15) is 22.4 Å². The first kappa shape index (κ1) is 17.5. The summed E-state index contributed by atoms with van der Waals surface area (Å²) in [5.41, 5.74) is 7.03. The summed E-state index contributed by atoms with van der Waals surface area (Å²) in [6, 6.07) is 11.6. The minimum Gasteiger partial charge on any atom is -0.406 e. The number of hydrogen-bond donors (Lipinski definition) is 1. The van der Waals surface area contributed by atoms with Crippen LogP contribution in [0.3, 0.4) is 0 Å². The largest absolute Gasteiger partial charge is 0.573 e. The Hall–Kier alpha value is -3.29. The fraction of sp³-hybridized carbons (Fsp3) is 0.0556. The molecule has 0 saturated carbocycles. The van der Waals surface area contributed by atoms with Crippen LogP contribution in [0.1, 0.15) is 0 Å². The minimum atomic E-state index is -4.80. The molecular formula is C18H12F4N2O2. The van der Waals surface area contributed by atoms with Crippen LogP contribution in [0.25, 0.3) is 16.8 Å². The van der Waals surface area contributed by atoms with E-state index in [1.54, 1.807) is 0 Å². The Bertz CT molecular complexity index is 978. The molecule has 0 amide bonds. The number of rotatable bonds is 3. The number of benzene rings is 2. The van der Waals surface area contributed by atoms with Crippen molar-refractivity contribution in [3.63, 3.8) is 0 Å². The van der Waals surface area contributed by atoms with Gasteiger partial charge in [0.25, 0.3) is 5.56 Å². The molecule has 0 radical (unpaired) electrons. The highest BCUT2D eigenvalue weighted by atomic mass is 19.4. The van der Waals surface area contributed by atoms with Gasteiger partial charge in [-0.3, -0.25) is 9.36 Å². The van der Waals surface area contributed by atoms with Crippen molar-refractivity contribution in [3.8, 4) is 22.6 Å². The minimum absolute atomic E-state index is 0.204. The van der Waals surface area contributed by atoms with Gasteiger partial charge in [-0.05, 0) is 42.0 Å². The Balaban J connectivity index is 2.01. The molecule has 0 aliphatic rings. The smallest absolute Gasteiger partial charge is 0.406 e. The molecule has 1 aromatic heterocycles. The maximum Gasteiger partial charge on any atom is 0.573 e. The number of halogens is 4. The van der Waals surface area contributed by atoms with E-state index in [2.05, 4.69) is 4.74 Å². The second-order valence-corrected chi connectivity index (χ2v) is 5.40. The molecule has 0 aliphatic carbocycles. The van der Waals surface area contributed by atoms with E-state index in [0.29, 0.717) is 16.8 Å². The topological polar surface area (TPSA) is 57.2 Å². The van der Waals surface area contributed by atoms with E-state index < -0.39 is 23.5 Å². The first-order valence-electron chi connectivity index (χ1n) is 7.37. The zero-order chi connectivity index (χ0) is 18.9. The number of hydrogen-bond acceptors (Lipinski definition) is 3. The van der Waals surface area contributed by atoms with Crippen LogP contribution < -0.4 is 16.0 Å². The summed E-state index contributed by atoms with van der Waals surface area (Å²) in [7, 11) is 0. The summed E-state index contributed by atoms with van der Waals surface area (Å²) in [5.74, 6) is -0.815. The molecule has 26 heavy (non-hydrogen) atoms. The molecule has 0 saturated heterocycles. The Morgan fingerprint density at radius 3 is 2.15 bits per heavy atom. The normalized spacial score (nSPS) is 11.4. The van der Waals surface area contributed by atoms with Crippen LogP contribution in [-0.4, -0.2) is 10.9 Å². The number of nitrogens with zero attached hydrogens (tertiary/aromatic N) is 1. The maximum atomic E-state index is 13.1. The summed E-state index contributed by atoms with van der Waals surface area (Å²) >= 11 is 0. The molecule has 0 bridgehead atoms. The van der Waals surface area contributed by atoms with Gasteiger partial charge in [0, 0.05) is 29.2 Å². The van der Waals surface area contributed by atoms with E-state index in [4.69, 9.17) is 5.73 Å². The number of ether oxygens (including phenoxy) is 1. The van der Waals surface area contributed by atoms with Gasteiger partial charge in [-0.1, -0.05) is 12.1 Å². The summed E-state index contributed by atoms with van der Waals surface area (Å²) < 4.78 is 54.8. The highest BCUT2D eigenvalue weighted by Gasteiger charge is 2.31. The van der Waals surface area contributed by atoms with Gasteiger partial charge >= 0.3 is 6.36 Å². The first-order chi connectivity index (χ1) is 12.2. The van der Waals surface area contributed by atoms with E-state index in [1.165, 1.54) is 53.2 Å². The molecule has 134 valence electrons. The molecular weight excluding hydrogens is 352 g/mol. The Morgan fingerprint density at radius 2 is 1.58 bits per heavy atom. The molecule has 4 nitrogen and oxygen atoms in total. The summed E-state index contributed by atoms with van der Waals surface area (Å²) in [6.07, 6.45) is -3.35. The molecule has 3 aromatic rings. The van der Waals surface area contributed by atoms with E-state index in [1.807, 2.05) is 0 Å². The van der Waals surface area contributed by atoms with Crippen molar-refractivity contribution in [1.29, 1.82) is 0 Å². The van der Waals surface area contributed by atoms with Gasteiger partial charge in [0.2, 0.25) is 0 Å². The summed E-state index contributed by atoms with van der Waals surface area (Å²) in [6.45, 7) is 0. The molecule has 0 fully saturated rings. The SMILES string of the molecule is Nc1cc(=O)n(-c2ccc(OC(F)(F)F)cc2)cc1-c1ccc(F)cc1. The molecule has 0 spiro atoms. The Kier molecular flexibility index (Phi) is 4.41. The van der Waals surface area contributed by atoms with Crippen molar-refractivity contribution in [1.82, 2.24) is 4.57 Å². The monoisotopic (exact) mass is 364 g/mol. The molecule has 8 heteroatoms. The highest BCUT2D eigenvalue weighted by molar-refractivity contribution is 5.75. The fourth-order valence-corrected chi connectivity index (χ4v) is 2.43. The lowest BCUT2D eigenvalue weighted by molar-refractivity contribution is -0.274. The number of alkyl halides is 3. The van der Waals surface area contributed by atoms with Crippen molar-refractivity contribution in [3.05, 3.63) is 77.0 Å². The predicted molar refractivity (Wildman–Crippen MR) is 88.5 cm³/mol. The lowest BCUT2D eigenvalue weighted by Gasteiger charge is -2.13. The summed E-state index contributed by atoms with van der Waals surface area (Å²) in [4.78, 5) is 12.2. The average molecular weight is 364 g/mol. The maximum absolute atomic E-state index is 13.1. The fourth-order valence-electron chi connectivity index (χ4n) is 2.43. The van der Waals surface area contributed by atoms with Gasteiger partial charge < -0.3 is 10.5 Å². The van der Waals surface area contributed by atoms with Crippen molar-refractivity contribution in [2.45, 2.75) is 6.36 Å². The van der Waals surface area contributed by atoms with Gasteiger partial charge in [-0.15, -0.1) is 13.2 Å². The Morgan fingerprint density at radius 1 is 0.962 bits per heavy atom. The second kappa shape index (κ2) is 6.55. The molecule has 2 aromatic carbocycles. The van der Waals surface area contributed by atoms with Gasteiger partial charge in [-0.25, -0.2) is 4.39 Å². The van der Waals surface area contributed by atoms with Crippen LogP contribution in [0.5, 0.6) is 5.75 Å². The van der Waals surface area contributed by atoms with Crippen molar-refractivity contribution in [2.75, 3.05) is 5.73 Å². The first-order valence-corrected chi connectivity index (χ1v) is 7.37. The third-order valence-corrected chi connectivity index (χ3v) is 3.59. The van der Waals surface area contributed by atoms with Crippen LogP contribution in [0.15, 0.2) is 65.6 Å². The zero-order valence-corrected chi connectivity index (χ0v) is 13.1. The summed E-state index contributed by atoms with van der Waals surface area (Å²) in [5, 5.41) is 0. The number of nitrogen functional groups attached to an aromatic ring is 1. The van der Waals surface area contributed by atoms with Gasteiger partial charge in [-0.2, -0.15) is 0 Å². The van der Waals surface area contributed by atoms with Crippen LogP contribution in [0, 0.1) is 5.82 Å². The van der Waals surface area contributed by atoms with E-state index >= 15 is 0 Å². The van der Waals surface area contributed by atoms with Gasteiger partial charge in [0.1, 0.15) is 11.6 Å². The molecule has 3 rings (SSSR count). The van der Waals surface area contributed by atoms with Crippen molar-refractivity contribution < 1.29 is 22.3 Å². The number of nitrogens with two attached hydrogens (primary N) is 1. The quantitative estimate of drug-likeness (QED) is 0.711. The van der Waals surface area contributed by atoms with Crippen LogP contribution in [0.4, 0.5) is 23.2 Å².